The van der Waals surface area contributed by atoms with E-state index in [0.717, 1.165) is 32.4 Å². The predicted octanol–water partition coefficient (Wildman–Crippen LogP) is 1.55. The molecule has 4 nitrogen and oxygen atoms in total. The molecule has 0 aliphatic carbocycles. The lowest BCUT2D eigenvalue weighted by Crippen LogP contribution is -2.53. The first kappa shape index (κ1) is 15.4. The highest BCUT2D eigenvalue weighted by Gasteiger charge is 2.40. The van der Waals surface area contributed by atoms with Crippen molar-refractivity contribution < 1.29 is 9.53 Å². The lowest BCUT2D eigenvalue weighted by Gasteiger charge is -2.37. The Kier molecular flexibility index (Phi) is 6.09. The van der Waals surface area contributed by atoms with Crippen LogP contribution in [0.2, 0.25) is 0 Å². The molecule has 18 heavy (non-hydrogen) atoms. The first-order chi connectivity index (χ1) is 8.55. The van der Waals surface area contributed by atoms with E-state index in [1.165, 1.54) is 0 Å². The van der Waals surface area contributed by atoms with Crippen LogP contribution in [0.25, 0.3) is 0 Å². The Morgan fingerprint density at radius 3 is 2.44 bits per heavy atom. The topological polar surface area (TPSA) is 50.4 Å². The Morgan fingerprint density at radius 2 is 2.00 bits per heavy atom. The van der Waals surface area contributed by atoms with Crippen LogP contribution in [-0.4, -0.2) is 38.8 Å². The van der Waals surface area contributed by atoms with Crippen LogP contribution in [0.3, 0.4) is 0 Å². The molecule has 1 aliphatic heterocycles. The largest absolute Gasteiger partial charge is 0.384 e. The fraction of sp³-hybridized carbons (Fsp3) is 0.929. The molecule has 1 aliphatic rings. The van der Waals surface area contributed by atoms with E-state index in [1.54, 1.807) is 7.11 Å². The molecule has 1 amide bonds. The van der Waals surface area contributed by atoms with Gasteiger partial charge in [-0.25, -0.2) is 0 Å². The molecule has 0 radical (unpaired) electrons. The Balaban J connectivity index is 2.70. The normalized spacial score (nSPS) is 20.7. The number of rotatable bonds is 6. The Bertz CT molecular complexity index is 255. The second kappa shape index (κ2) is 7.10. The van der Waals surface area contributed by atoms with Gasteiger partial charge in [-0.15, -0.1) is 0 Å². The number of ether oxygens (including phenoxy) is 1. The van der Waals surface area contributed by atoms with E-state index >= 15 is 0 Å². The van der Waals surface area contributed by atoms with E-state index in [-0.39, 0.29) is 17.4 Å². The molecule has 1 fully saturated rings. The third kappa shape index (κ3) is 3.69. The fourth-order valence-corrected chi connectivity index (χ4v) is 2.68. The first-order valence-corrected chi connectivity index (χ1v) is 7.06. The molecule has 0 bridgehead atoms. The van der Waals surface area contributed by atoms with E-state index in [4.69, 9.17) is 4.74 Å². The third-order valence-corrected chi connectivity index (χ3v) is 4.02. The maximum Gasteiger partial charge on any atom is 0.228 e. The second-order valence-electron chi connectivity index (χ2n) is 5.70. The van der Waals surface area contributed by atoms with Gasteiger partial charge in [-0.1, -0.05) is 20.8 Å². The van der Waals surface area contributed by atoms with Gasteiger partial charge in [0, 0.05) is 13.2 Å². The lowest BCUT2D eigenvalue weighted by molar-refractivity contribution is -0.137. The van der Waals surface area contributed by atoms with Crippen LogP contribution in [-0.2, 0) is 9.53 Å². The number of amides is 1. The van der Waals surface area contributed by atoms with Crippen molar-refractivity contribution in [2.45, 2.75) is 46.1 Å². The van der Waals surface area contributed by atoms with Crippen molar-refractivity contribution in [3.63, 3.8) is 0 Å². The van der Waals surface area contributed by atoms with Crippen molar-refractivity contribution in [1.29, 1.82) is 0 Å². The molecule has 0 saturated carbocycles. The van der Waals surface area contributed by atoms with Gasteiger partial charge in [0.2, 0.25) is 5.91 Å². The zero-order chi connectivity index (χ0) is 13.6. The molecule has 0 aromatic carbocycles. The van der Waals surface area contributed by atoms with Gasteiger partial charge < -0.3 is 15.4 Å². The van der Waals surface area contributed by atoms with E-state index in [0.29, 0.717) is 12.5 Å². The summed E-state index contributed by atoms with van der Waals surface area (Å²) in [5.74, 6) is 0.645. The number of nitrogens with one attached hydrogen (secondary N) is 2. The van der Waals surface area contributed by atoms with Crippen molar-refractivity contribution >= 4 is 5.91 Å². The molecule has 1 unspecified atom stereocenters. The van der Waals surface area contributed by atoms with Gasteiger partial charge >= 0.3 is 0 Å². The number of methoxy groups -OCH3 is 1. The highest BCUT2D eigenvalue weighted by Crippen LogP contribution is 2.30. The highest BCUT2D eigenvalue weighted by molar-refractivity contribution is 5.83. The number of carbonyl (C=O) groups is 1. The van der Waals surface area contributed by atoms with Gasteiger partial charge in [-0.05, 0) is 38.3 Å². The monoisotopic (exact) mass is 256 g/mol. The van der Waals surface area contributed by atoms with Crippen LogP contribution in [0.15, 0.2) is 0 Å². The lowest BCUT2D eigenvalue weighted by atomic mass is 9.78. The number of carbonyl (C=O) groups excluding carboxylic acids is 1. The van der Waals surface area contributed by atoms with Crippen molar-refractivity contribution in [2.24, 2.45) is 11.3 Å². The summed E-state index contributed by atoms with van der Waals surface area (Å²) in [6.45, 7) is 8.75. The molecule has 2 N–H and O–H groups in total. The van der Waals surface area contributed by atoms with Crippen molar-refractivity contribution in [3.8, 4) is 0 Å². The van der Waals surface area contributed by atoms with Crippen molar-refractivity contribution in [2.75, 3.05) is 26.8 Å². The summed E-state index contributed by atoms with van der Waals surface area (Å²) in [5.41, 5.74) is -0.331. The van der Waals surface area contributed by atoms with Crippen LogP contribution in [0.1, 0.15) is 40.0 Å². The van der Waals surface area contributed by atoms with Crippen molar-refractivity contribution in [1.82, 2.24) is 10.6 Å². The molecule has 1 rings (SSSR count). The molecule has 106 valence electrons. The average molecular weight is 256 g/mol. The standard InChI is InChI=1S/C14H28N2O2/c1-5-12(11(2)3)16-13(17)14(10-18-4)6-8-15-9-7-14/h11-12,15H,5-10H2,1-4H3,(H,16,17). The van der Waals surface area contributed by atoms with E-state index in [2.05, 4.69) is 31.4 Å². The summed E-state index contributed by atoms with van der Waals surface area (Å²) in [6.07, 6.45) is 2.70. The molecule has 0 aromatic heterocycles. The van der Waals surface area contributed by atoms with Gasteiger partial charge in [0.15, 0.2) is 0 Å². The highest BCUT2D eigenvalue weighted by atomic mass is 16.5. The first-order valence-electron chi connectivity index (χ1n) is 7.06. The maximum atomic E-state index is 12.6. The maximum absolute atomic E-state index is 12.6. The van der Waals surface area contributed by atoms with Crippen LogP contribution in [0.4, 0.5) is 0 Å². The van der Waals surface area contributed by atoms with Crippen molar-refractivity contribution in [3.05, 3.63) is 0 Å². The van der Waals surface area contributed by atoms with E-state index in [1.807, 2.05) is 0 Å². The van der Waals surface area contributed by atoms with E-state index in [9.17, 15) is 4.79 Å². The zero-order valence-electron chi connectivity index (χ0n) is 12.2. The minimum Gasteiger partial charge on any atom is -0.384 e. The zero-order valence-corrected chi connectivity index (χ0v) is 12.2. The summed E-state index contributed by atoms with van der Waals surface area (Å²) in [5, 5.41) is 6.52. The molecule has 1 heterocycles. The number of piperidine rings is 1. The Morgan fingerprint density at radius 1 is 1.39 bits per heavy atom. The van der Waals surface area contributed by atoms with Crippen LogP contribution in [0, 0.1) is 11.3 Å². The van der Waals surface area contributed by atoms with Gasteiger partial charge in [-0.3, -0.25) is 4.79 Å². The molecule has 1 atom stereocenters. The van der Waals surface area contributed by atoms with Gasteiger partial charge in [0.05, 0.1) is 12.0 Å². The Hall–Kier alpha value is -0.610. The summed E-state index contributed by atoms with van der Waals surface area (Å²) >= 11 is 0. The molecular formula is C14H28N2O2. The number of hydrogen-bond acceptors (Lipinski definition) is 3. The summed E-state index contributed by atoms with van der Waals surface area (Å²) < 4.78 is 5.29. The molecule has 4 heteroatoms. The summed E-state index contributed by atoms with van der Waals surface area (Å²) in [6, 6.07) is 0.265. The van der Waals surface area contributed by atoms with Crippen LogP contribution < -0.4 is 10.6 Å². The molecule has 1 saturated heterocycles. The molecule has 0 spiro atoms. The summed E-state index contributed by atoms with van der Waals surface area (Å²) in [4.78, 5) is 12.6. The van der Waals surface area contributed by atoms with Crippen LogP contribution >= 0.6 is 0 Å². The Labute approximate surface area is 111 Å². The van der Waals surface area contributed by atoms with Gasteiger partial charge in [0.25, 0.3) is 0 Å². The van der Waals surface area contributed by atoms with Crippen LogP contribution in [0.5, 0.6) is 0 Å². The SMILES string of the molecule is CCC(NC(=O)C1(COC)CCNCC1)C(C)C. The summed E-state index contributed by atoms with van der Waals surface area (Å²) in [7, 11) is 1.68. The van der Waals surface area contributed by atoms with Gasteiger partial charge in [0.1, 0.15) is 0 Å². The fourth-order valence-electron chi connectivity index (χ4n) is 2.68. The minimum atomic E-state index is -0.331. The third-order valence-electron chi connectivity index (χ3n) is 4.02. The molecular weight excluding hydrogens is 228 g/mol. The quantitative estimate of drug-likeness (QED) is 0.758. The average Bonchev–Trinajstić information content (AvgIpc) is 2.36. The smallest absolute Gasteiger partial charge is 0.228 e. The van der Waals surface area contributed by atoms with Gasteiger partial charge in [-0.2, -0.15) is 0 Å². The molecule has 0 aromatic rings. The van der Waals surface area contributed by atoms with E-state index < -0.39 is 0 Å². The number of hydrogen-bond donors (Lipinski definition) is 2. The second-order valence-corrected chi connectivity index (χ2v) is 5.70. The predicted molar refractivity (Wildman–Crippen MR) is 73.5 cm³/mol. The minimum absolute atomic E-state index is 0.173.